The molecule has 2 heterocycles. The van der Waals surface area contributed by atoms with Crippen molar-refractivity contribution in [3.05, 3.63) is 84.1 Å². The van der Waals surface area contributed by atoms with Crippen LogP contribution in [0.3, 0.4) is 0 Å². The van der Waals surface area contributed by atoms with E-state index in [4.69, 9.17) is 4.98 Å². The van der Waals surface area contributed by atoms with Gasteiger partial charge in [-0.3, -0.25) is 9.59 Å². The predicted molar refractivity (Wildman–Crippen MR) is 129 cm³/mol. The van der Waals surface area contributed by atoms with Gasteiger partial charge in [0.15, 0.2) is 5.65 Å². The van der Waals surface area contributed by atoms with Gasteiger partial charge in [-0.2, -0.15) is 5.10 Å². The summed E-state index contributed by atoms with van der Waals surface area (Å²) in [6.45, 7) is 4.92. The highest BCUT2D eigenvalue weighted by Crippen LogP contribution is 2.25. The Morgan fingerprint density at radius 2 is 1.61 bits per heavy atom. The Kier molecular flexibility index (Phi) is 6.78. The molecule has 0 saturated carbocycles. The maximum absolute atomic E-state index is 13.1. The number of rotatable bonds is 8. The predicted octanol–water partition coefficient (Wildman–Crippen LogP) is 3.65. The number of hydrogen-bond donors (Lipinski definition) is 2. The number of nitrogens with zero attached hydrogens (tertiary/aromatic N) is 3. The number of fused-ring (bicyclic) bond motifs is 1. The fourth-order valence-electron chi connectivity index (χ4n) is 3.53. The van der Waals surface area contributed by atoms with Crippen LogP contribution in [0, 0.1) is 5.92 Å². The van der Waals surface area contributed by atoms with Gasteiger partial charge in [0.1, 0.15) is 0 Å². The largest absolute Gasteiger partial charge is 0.354 e. The number of nitrogens with one attached hydrogen (secondary N) is 2. The third-order valence-corrected chi connectivity index (χ3v) is 5.33. The zero-order chi connectivity index (χ0) is 23.2. The van der Waals surface area contributed by atoms with Crippen molar-refractivity contribution < 1.29 is 9.59 Å². The zero-order valence-corrected chi connectivity index (χ0v) is 18.8. The monoisotopic (exact) mass is 441 g/mol. The Bertz CT molecular complexity index is 1250. The number of hydrogen-bond acceptors (Lipinski definition) is 4. The van der Waals surface area contributed by atoms with E-state index >= 15 is 0 Å². The first-order chi connectivity index (χ1) is 16.0. The van der Waals surface area contributed by atoms with E-state index in [-0.39, 0.29) is 17.7 Å². The molecule has 168 valence electrons. The maximum Gasteiger partial charge on any atom is 0.252 e. The summed E-state index contributed by atoms with van der Waals surface area (Å²) in [6.07, 6.45) is 1.69. The molecule has 7 nitrogen and oxygen atoms in total. The zero-order valence-electron chi connectivity index (χ0n) is 18.8. The first-order valence-corrected chi connectivity index (χ1v) is 11.0. The summed E-state index contributed by atoms with van der Waals surface area (Å²) in [5.74, 6) is -0.355. The van der Waals surface area contributed by atoms with Crippen molar-refractivity contribution in [1.29, 1.82) is 0 Å². The summed E-state index contributed by atoms with van der Waals surface area (Å²) in [6, 6.07) is 21.6. The molecule has 0 aliphatic rings. The topological polar surface area (TPSA) is 88.9 Å². The minimum absolute atomic E-state index is 0.0379. The quantitative estimate of drug-likeness (QED) is 0.409. The van der Waals surface area contributed by atoms with Crippen LogP contribution in [0.1, 0.15) is 29.8 Å². The third-order valence-electron chi connectivity index (χ3n) is 5.33. The van der Waals surface area contributed by atoms with Crippen molar-refractivity contribution in [1.82, 2.24) is 25.4 Å². The molecular formula is C26H27N5O2. The van der Waals surface area contributed by atoms with E-state index in [1.165, 1.54) is 0 Å². The summed E-state index contributed by atoms with van der Waals surface area (Å²) in [5, 5.41) is 10.9. The molecule has 2 aromatic carbocycles. The Labute approximate surface area is 192 Å². The SMILES string of the molecule is CC(C)C(=O)NCCNC(=O)c1cc(-c2ccccc2)nc2c1cnn2Cc1ccccc1. The van der Waals surface area contributed by atoms with E-state index in [0.29, 0.717) is 41.9 Å². The molecule has 7 heteroatoms. The molecule has 33 heavy (non-hydrogen) atoms. The van der Waals surface area contributed by atoms with E-state index in [2.05, 4.69) is 15.7 Å². The molecule has 0 bridgehead atoms. The molecule has 4 rings (SSSR count). The molecule has 0 saturated heterocycles. The highest BCUT2D eigenvalue weighted by atomic mass is 16.2. The summed E-state index contributed by atoms with van der Waals surface area (Å²) < 4.78 is 1.82. The van der Waals surface area contributed by atoms with Gasteiger partial charge in [0.2, 0.25) is 5.91 Å². The van der Waals surface area contributed by atoms with Gasteiger partial charge in [0.05, 0.1) is 29.4 Å². The molecule has 0 radical (unpaired) electrons. The number of carbonyl (C=O) groups is 2. The second-order valence-electron chi connectivity index (χ2n) is 8.15. The lowest BCUT2D eigenvalue weighted by Gasteiger charge is -2.11. The van der Waals surface area contributed by atoms with Gasteiger partial charge in [-0.15, -0.1) is 0 Å². The second kappa shape index (κ2) is 10.1. The number of amides is 2. The number of pyridine rings is 1. The first kappa shape index (κ1) is 22.2. The summed E-state index contributed by atoms with van der Waals surface area (Å²) in [4.78, 5) is 29.7. The third kappa shape index (κ3) is 5.26. The van der Waals surface area contributed by atoms with Crippen molar-refractivity contribution in [3.63, 3.8) is 0 Å². The minimum Gasteiger partial charge on any atom is -0.354 e. The Morgan fingerprint density at radius 3 is 2.30 bits per heavy atom. The van der Waals surface area contributed by atoms with Gasteiger partial charge < -0.3 is 10.6 Å². The molecule has 0 aliphatic heterocycles. The van der Waals surface area contributed by atoms with Crippen molar-refractivity contribution >= 4 is 22.8 Å². The van der Waals surface area contributed by atoms with Gasteiger partial charge in [-0.25, -0.2) is 9.67 Å². The summed E-state index contributed by atoms with van der Waals surface area (Å²) >= 11 is 0. The van der Waals surface area contributed by atoms with Crippen LogP contribution in [0.4, 0.5) is 0 Å². The van der Waals surface area contributed by atoms with Gasteiger partial charge >= 0.3 is 0 Å². The molecule has 2 aromatic heterocycles. The summed E-state index contributed by atoms with van der Waals surface area (Å²) in [7, 11) is 0. The fraction of sp³-hybridized carbons (Fsp3) is 0.231. The van der Waals surface area contributed by atoms with Crippen LogP contribution >= 0.6 is 0 Å². The van der Waals surface area contributed by atoms with E-state index in [0.717, 1.165) is 11.1 Å². The first-order valence-electron chi connectivity index (χ1n) is 11.0. The molecule has 4 aromatic rings. The van der Waals surface area contributed by atoms with E-state index in [1.54, 1.807) is 12.3 Å². The summed E-state index contributed by atoms with van der Waals surface area (Å²) in [5.41, 5.74) is 3.88. The smallest absolute Gasteiger partial charge is 0.252 e. The highest BCUT2D eigenvalue weighted by Gasteiger charge is 2.18. The number of benzene rings is 2. The van der Waals surface area contributed by atoms with Crippen LogP contribution < -0.4 is 10.6 Å². The molecule has 2 amide bonds. The Hall–Kier alpha value is -4.00. The van der Waals surface area contributed by atoms with Crippen molar-refractivity contribution in [2.75, 3.05) is 13.1 Å². The van der Waals surface area contributed by atoms with E-state index in [9.17, 15) is 9.59 Å². The molecule has 0 spiro atoms. The fourth-order valence-corrected chi connectivity index (χ4v) is 3.53. The molecule has 0 atom stereocenters. The van der Waals surface area contributed by atoms with Crippen LogP contribution in [0.2, 0.25) is 0 Å². The van der Waals surface area contributed by atoms with Crippen molar-refractivity contribution in [2.24, 2.45) is 5.92 Å². The van der Waals surface area contributed by atoms with Gasteiger partial charge in [0, 0.05) is 24.6 Å². The molecule has 2 N–H and O–H groups in total. The normalized spacial score (nSPS) is 11.0. The van der Waals surface area contributed by atoms with Crippen LogP contribution in [0.25, 0.3) is 22.3 Å². The van der Waals surface area contributed by atoms with E-state index < -0.39 is 0 Å². The molecular weight excluding hydrogens is 414 g/mol. The minimum atomic E-state index is -0.224. The molecule has 0 fully saturated rings. The molecule has 0 aliphatic carbocycles. The van der Waals surface area contributed by atoms with Gasteiger partial charge in [0.25, 0.3) is 5.91 Å². The average molecular weight is 442 g/mol. The van der Waals surface area contributed by atoms with Crippen LogP contribution in [-0.2, 0) is 11.3 Å². The standard InChI is InChI=1S/C26H27N5O2/c1-18(2)25(32)27-13-14-28-26(33)21-15-23(20-11-7-4-8-12-20)30-24-22(21)16-29-31(24)17-19-9-5-3-6-10-19/h3-12,15-16,18H,13-14,17H2,1-2H3,(H,27,32)(H,28,33). The Balaban J connectivity index is 1.64. The van der Waals surface area contributed by atoms with Crippen LogP contribution in [0.15, 0.2) is 72.9 Å². The van der Waals surface area contributed by atoms with Crippen LogP contribution in [-0.4, -0.2) is 39.7 Å². The Morgan fingerprint density at radius 1 is 0.939 bits per heavy atom. The number of aromatic nitrogens is 3. The van der Waals surface area contributed by atoms with Gasteiger partial charge in [-0.1, -0.05) is 74.5 Å². The molecule has 0 unspecified atom stereocenters. The van der Waals surface area contributed by atoms with E-state index in [1.807, 2.05) is 79.2 Å². The average Bonchev–Trinajstić information content (AvgIpc) is 3.24. The van der Waals surface area contributed by atoms with Gasteiger partial charge in [-0.05, 0) is 11.6 Å². The number of carbonyl (C=O) groups excluding carboxylic acids is 2. The lowest BCUT2D eigenvalue weighted by molar-refractivity contribution is -0.123. The lowest BCUT2D eigenvalue weighted by Crippen LogP contribution is -2.36. The maximum atomic E-state index is 13.1. The highest BCUT2D eigenvalue weighted by molar-refractivity contribution is 6.06. The van der Waals surface area contributed by atoms with Crippen molar-refractivity contribution in [3.8, 4) is 11.3 Å². The second-order valence-corrected chi connectivity index (χ2v) is 8.15. The van der Waals surface area contributed by atoms with Crippen molar-refractivity contribution in [2.45, 2.75) is 20.4 Å². The lowest BCUT2D eigenvalue weighted by atomic mass is 10.1. The van der Waals surface area contributed by atoms with Crippen LogP contribution in [0.5, 0.6) is 0 Å².